The van der Waals surface area contributed by atoms with Crippen molar-refractivity contribution in [2.45, 2.75) is 32.2 Å². The second-order valence-electron chi connectivity index (χ2n) is 5.94. The molecule has 0 unspecified atom stereocenters. The van der Waals surface area contributed by atoms with Crippen LogP contribution < -0.4 is 21.1 Å². The smallest absolute Gasteiger partial charge is 0.326 e. The lowest BCUT2D eigenvalue weighted by Crippen LogP contribution is -2.45. The molecule has 2 amide bonds. The van der Waals surface area contributed by atoms with E-state index in [2.05, 4.69) is 10.6 Å². The minimum atomic E-state index is -1.14. The number of rotatable bonds is 12. The maximum Gasteiger partial charge on any atom is 0.326 e. The number of nitrogens with one attached hydrogen (secondary N) is 2. The summed E-state index contributed by atoms with van der Waals surface area (Å²) < 4.78 is 5.23. The van der Waals surface area contributed by atoms with Crippen molar-refractivity contribution in [2.75, 3.05) is 19.7 Å². The highest BCUT2D eigenvalue weighted by Gasteiger charge is 2.19. The quantitative estimate of drug-likeness (QED) is 0.376. The molecule has 1 aromatic rings. The van der Waals surface area contributed by atoms with Crippen LogP contribution in [0.25, 0.3) is 0 Å². The summed E-state index contributed by atoms with van der Waals surface area (Å²) in [4.78, 5) is 46.1. The van der Waals surface area contributed by atoms with Gasteiger partial charge in [0.05, 0.1) is 6.54 Å². The van der Waals surface area contributed by atoms with Crippen molar-refractivity contribution in [3.63, 3.8) is 0 Å². The minimum absolute atomic E-state index is 0.103. The van der Waals surface area contributed by atoms with Crippen molar-refractivity contribution in [2.24, 2.45) is 5.73 Å². The van der Waals surface area contributed by atoms with Gasteiger partial charge in [-0.2, -0.15) is 0 Å². The molecule has 0 spiro atoms. The Morgan fingerprint density at radius 2 is 1.96 bits per heavy atom. The number of unbranched alkanes of at least 4 members (excludes halogenated alkanes) is 1. The molecule has 27 heavy (non-hydrogen) atoms. The van der Waals surface area contributed by atoms with Gasteiger partial charge in [0.15, 0.2) is 5.78 Å². The van der Waals surface area contributed by atoms with Gasteiger partial charge in [-0.15, -0.1) is 0 Å². The van der Waals surface area contributed by atoms with Gasteiger partial charge in [-0.25, -0.2) is 4.79 Å². The van der Waals surface area contributed by atoms with Gasteiger partial charge < -0.3 is 26.2 Å². The number of hydrogen-bond acceptors (Lipinski definition) is 6. The zero-order valence-electron chi connectivity index (χ0n) is 15.2. The fraction of sp³-hybridized carbons (Fsp3) is 0.444. The van der Waals surface area contributed by atoms with Gasteiger partial charge in [0, 0.05) is 5.56 Å². The fourth-order valence-electron chi connectivity index (χ4n) is 2.17. The molecule has 1 aromatic carbocycles. The molecule has 0 aliphatic carbocycles. The second-order valence-corrected chi connectivity index (χ2v) is 5.94. The Labute approximate surface area is 157 Å². The number of carboxylic acids is 1. The number of carbonyl (C=O) groups is 4. The predicted molar refractivity (Wildman–Crippen MR) is 97.4 cm³/mol. The van der Waals surface area contributed by atoms with Crippen LogP contribution in [0.1, 0.15) is 36.5 Å². The van der Waals surface area contributed by atoms with E-state index in [0.717, 1.165) is 0 Å². The first kappa shape index (κ1) is 22.1. The number of amides is 2. The Kier molecular flexibility index (Phi) is 9.52. The molecule has 9 heteroatoms. The molecular formula is C18H25N3O6. The largest absolute Gasteiger partial charge is 0.486 e. The number of carbonyl (C=O) groups excluding carboxylic acids is 3. The van der Waals surface area contributed by atoms with Crippen molar-refractivity contribution in [1.82, 2.24) is 10.6 Å². The molecule has 0 bridgehead atoms. The van der Waals surface area contributed by atoms with E-state index in [1.807, 2.05) is 0 Å². The molecule has 9 nitrogen and oxygen atoms in total. The number of hydrogen-bond donors (Lipinski definition) is 4. The lowest BCUT2D eigenvalue weighted by molar-refractivity contribution is -0.141. The van der Waals surface area contributed by atoms with Crippen LogP contribution >= 0.6 is 0 Å². The van der Waals surface area contributed by atoms with E-state index in [-0.39, 0.29) is 30.9 Å². The van der Waals surface area contributed by atoms with E-state index in [1.165, 1.54) is 19.1 Å². The van der Waals surface area contributed by atoms with Gasteiger partial charge in [0.2, 0.25) is 5.91 Å². The number of carboxylic acid groups (broad SMARTS) is 1. The van der Waals surface area contributed by atoms with E-state index >= 15 is 0 Å². The summed E-state index contributed by atoms with van der Waals surface area (Å²) in [5.74, 6) is -2.06. The summed E-state index contributed by atoms with van der Waals surface area (Å²) >= 11 is 0. The average Bonchev–Trinajstić information content (AvgIpc) is 2.63. The average molecular weight is 379 g/mol. The van der Waals surface area contributed by atoms with Crippen molar-refractivity contribution in [3.8, 4) is 5.75 Å². The third kappa shape index (κ3) is 8.82. The Hall–Kier alpha value is -2.94. The molecule has 0 aliphatic rings. The molecule has 0 heterocycles. The minimum Gasteiger partial charge on any atom is -0.486 e. The van der Waals surface area contributed by atoms with Crippen LogP contribution in [0.2, 0.25) is 0 Å². The molecule has 0 aromatic heterocycles. The van der Waals surface area contributed by atoms with Gasteiger partial charge in [-0.1, -0.05) is 6.07 Å². The molecule has 0 saturated heterocycles. The Morgan fingerprint density at radius 3 is 2.59 bits per heavy atom. The number of ketones is 1. The van der Waals surface area contributed by atoms with Crippen LogP contribution in [0.15, 0.2) is 24.3 Å². The summed E-state index contributed by atoms with van der Waals surface area (Å²) in [6.07, 6.45) is 1.51. The van der Waals surface area contributed by atoms with Crippen LogP contribution in [0, 0.1) is 0 Å². The molecule has 0 fully saturated rings. The summed E-state index contributed by atoms with van der Waals surface area (Å²) in [5.41, 5.74) is 5.62. The molecule has 0 saturated carbocycles. The molecule has 5 N–H and O–H groups in total. The molecule has 1 atom stereocenters. The van der Waals surface area contributed by atoms with E-state index in [4.69, 9.17) is 15.6 Å². The standard InChI is InChI=1S/C18H25N3O6/c1-12(22)11-27-14-6-4-5-13(9-14)17(24)20-10-16(23)21-15(18(25)26)7-2-3-8-19/h4-6,9,15H,2-3,7-8,10-11,19H2,1H3,(H,20,24)(H,21,23)(H,25,26)/t15-/m0/s1. The maximum atomic E-state index is 12.1. The van der Waals surface area contributed by atoms with Gasteiger partial charge in [0.1, 0.15) is 18.4 Å². The Morgan fingerprint density at radius 1 is 1.22 bits per heavy atom. The van der Waals surface area contributed by atoms with Crippen LogP contribution in [-0.4, -0.2) is 54.4 Å². The number of Topliss-reactive ketones (excluding diaryl/α,β-unsaturated/α-hetero) is 1. The van der Waals surface area contributed by atoms with E-state index in [9.17, 15) is 19.2 Å². The Balaban J connectivity index is 2.52. The van der Waals surface area contributed by atoms with Crippen molar-refractivity contribution in [3.05, 3.63) is 29.8 Å². The molecule has 148 valence electrons. The zero-order valence-corrected chi connectivity index (χ0v) is 15.2. The Bertz CT molecular complexity index is 677. The zero-order chi connectivity index (χ0) is 20.2. The fourth-order valence-corrected chi connectivity index (χ4v) is 2.17. The van der Waals surface area contributed by atoms with Gasteiger partial charge in [-0.3, -0.25) is 14.4 Å². The first-order chi connectivity index (χ1) is 12.8. The van der Waals surface area contributed by atoms with Crippen molar-refractivity contribution >= 4 is 23.6 Å². The lowest BCUT2D eigenvalue weighted by Gasteiger charge is -2.14. The number of benzene rings is 1. The SMILES string of the molecule is CC(=O)COc1cccc(C(=O)NCC(=O)N[C@@H](CCCCN)C(=O)O)c1. The highest BCUT2D eigenvalue weighted by molar-refractivity contribution is 5.97. The maximum absolute atomic E-state index is 12.1. The molecular weight excluding hydrogens is 354 g/mol. The molecule has 1 rings (SSSR count). The first-order valence-electron chi connectivity index (χ1n) is 8.56. The number of ether oxygens (including phenoxy) is 1. The predicted octanol–water partition coefficient (Wildman–Crippen LogP) is 0.0826. The third-order valence-corrected chi connectivity index (χ3v) is 3.53. The summed E-state index contributed by atoms with van der Waals surface area (Å²) in [7, 11) is 0. The monoisotopic (exact) mass is 379 g/mol. The normalized spacial score (nSPS) is 11.3. The highest BCUT2D eigenvalue weighted by atomic mass is 16.5. The van der Waals surface area contributed by atoms with Crippen LogP contribution in [0.3, 0.4) is 0 Å². The first-order valence-corrected chi connectivity index (χ1v) is 8.56. The van der Waals surface area contributed by atoms with Gasteiger partial charge >= 0.3 is 5.97 Å². The number of aliphatic carboxylic acids is 1. The molecule has 0 radical (unpaired) electrons. The van der Waals surface area contributed by atoms with E-state index in [0.29, 0.717) is 25.1 Å². The summed E-state index contributed by atoms with van der Waals surface area (Å²) in [5, 5.41) is 13.9. The van der Waals surface area contributed by atoms with Crippen molar-refractivity contribution < 1.29 is 29.0 Å². The highest BCUT2D eigenvalue weighted by Crippen LogP contribution is 2.13. The second kappa shape index (κ2) is 11.6. The van der Waals surface area contributed by atoms with Crippen molar-refractivity contribution in [1.29, 1.82) is 0 Å². The van der Waals surface area contributed by atoms with Crippen LogP contribution in [0.4, 0.5) is 0 Å². The lowest BCUT2D eigenvalue weighted by atomic mass is 10.1. The van der Waals surface area contributed by atoms with Gasteiger partial charge in [0.25, 0.3) is 5.91 Å². The molecule has 0 aliphatic heterocycles. The van der Waals surface area contributed by atoms with E-state index < -0.39 is 23.8 Å². The third-order valence-electron chi connectivity index (χ3n) is 3.53. The topological polar surface area (TPSA) is 148 Å². The van der Waals surface area contributed by atoms with Gasteiger partial charge in [-0.05, 0) is 50.9 Å². The van der Waals surface area contributed by atoms with Crippen LogP contribution in [-0.2, 0) is 14.4 Å². The van der Waals surface area contributed by atoms with Crippen LogP contribution in [0.5, 0.6) is 5.75 Å². The summed E-state index contributed by atoms with van der Waals surface area (Å²) in [6.45, 7) is 1.37. The summed E-state index contributed by atoms with van der Waals surface area (Å²) in [6, 6.07) is 5.14. The van der Waals surface area contributed by atoms with E-state index in [1.54, 1.807) is 12.1 Å². The number of nitrogens with two attached hydrogens (primary N) is 1.